The van der Waals surface area contributed by atoms with Crippen LogP contribution in [-0.2, 0) is 0 Å². The van der Waals surface area contributed by atoms with Crippen molar-refractivity contribution in [2.75, 3.05) is 5.43 Å². The van der Waals surface area contributed by atoms with Crippen LogP contribution in [-0.4, -0.2) is 28.3 Å². The van der Waals surface area contributed by atoms with Gasteiger partial charge < -0.3 is 0 Å². The number of nitrogens with one attached hydrogen (secondary N) is 2. The summed E-state index contributed by atoms with van der Waals surface area (Å²) in [6, 6.07) is 14.2. The fourth-order valence-corrected chi connectivity index (χ4v) is 2.01. The van der Waals surface area contributed by atoms with E-state index in [0.717, 1.165) is 16.8 Å². The molecule has 2 N–H and O–H groups in total. The maximum atomic E-state index is 12.1. The van der Waals surface area contributed by atoms with E-state index in [1.54, 1.807) is 73.6 Å². The number of anilines is 1. The Bertz CT molecular complexity index is 892. The molecule has 7 nitrogen and oxygen atoms in total. The summed E-state index contributed by atoms with van der Waals surface area (Å²) >= 11 is 0. The van der Waals surface area contributed by atoms with Crippen LogP contribution in [0.5, 0.6) is 0 Å². The second-order valence-electron chi connectivity index (χ2n) is 5.21. The summed E-state index contributed by atoms with van der Waals surface area (Å²) < 4.78 is 0. The summed E-state index contributed by atoms with van der Waals surface area (Å²) in [5.74, 6) is -0.290. The molecule has 0 aliphatic carbocycles. The third kappa shape index (κ3) is 5.07. The van der Waals surface area contributed by atoms with E-state index in [2.05, 4.69) is 31.0 Å². The monoisotopic (exact) mass is 344 g/mol. The highest BCUT2D eigenvalue weighted by atomic mass is 16.2. The molecule has 0 saturated carbocycles. The molecular formula is C19H16N6O. The highest BCUT2D eigenvalue weighted by molar-refractivity contribution is 5.95. The number of carbonyl (C=O) groups is 1. The van der Waals surface area contributed by atoms with Gasteiger partial charge in [-0.05, 0) is 59.7 Å². The summed E-state index contributed by atoms with van der Waals surface area (Å²) in [7, 11) is 0. The Balaban J connectivity index is 1.52. The first-order valence-electron chi connectivity index (χ1n) is 7.84. The summed E-state index contributed by atoms with van der Waals surface area (Å²) in [5.41, 5.74) is 8.46. The number of aromatic nitrogens is 2. The van der Waals surface area contributed by atoms with Crippen LogP contribution in [0.3, 0.4) is 0 Å². The van der Waals surface area contributed by atoms with Gasteiger partial charge in [-0.15, -0.1) is 0 Å². The summed E-state index contributed by atoms with van der Waals surface area (Å²) in [6.45, 7) is 0. The maximum Gasteiger partial charge on any atom is 0.271 e. The quantitative estimate of drug-likeness (QED) is 0.531. The average molecular weight is 344 g/mol. The lowest BCUT2D eigenvalue weighted by atomic mass is 10.2. The molecule has 0 fully saturated rings. The highest BCUT2D eigenvalue weighted by Crippen LogP contribution is 2.09. The van der Waals surface area contributed by atoms with Crippen molar-refractivity contribution < 1.29 is 4.79 Å². The number of nitrogens with zero attached hydrogens (tertiary/aromatic N) is 4. The zero-order valence-electron chi connectivity index (χ0n) is 13.8. The molecule has 2 aromatic heterocycles. The predicted octanol–water partition coefficient (Wildman–Crippen LogP) is 2.69. The number of hydrogen-bond acceptors (Lipinski definition) is 6. The number of amides is 1. The van der Waals surface area contributed by atoms with Crippen LogP contribution in [0.2, 0.25) is 0 Å². The average Bonchev–Trinajstić information content (AvgIpc) is 2.70. The van der Waals surface area contributed by atoms with E-state index < -0.39 is 0 Å². The van der Waals surface area contributed by atoms with Gasteiger partial charge in [0.25, 0.3) is 5.91 Å². The molecule has 0 aliphatic rings. The SMILES string of the molecule is O=C(N/N=C\c1ccncc1)c1ccc(N/N=C\c2ccncc2)cc1. The number of benzene rings is 1. The zero-order valence-corrected chi connectivity index (χ0v) is 13.8. The molecule has 0 bridgehead atoms. The molecule has 3 rings (SSSR count). The van der Waals surface area contributed by atoms with Crippen LogP contribution in [0.25, 0.3) is 0 Å². The molecule has 128 valence electrons. The lowest BCUT2D eigenvalue weighted by molar-refractivity contribution is 0.0955. The van der Waals surface area contributed by atoms with Crippen molar-refractivity contribution in [2.45, 2.75) is 0 Å². The Morgan fingerprint density at radius 1 is 0.769 bits per heavy atom. The first kappa shape index (κ1) is 17.0. The number of hydrazone groups is 2. The molecule has 0 unspecified atom stereocenters. The van der Waals surface area contributed by atoms with Gasteiger partial charge in [0, 0.05) is 30.4 Å². The van der Waals surface area contributed by atoms with Crippen LogP contribution in [0, 0.1) is 0 Å². The summed E-state index contributed by atoms with van der Waals surface area (Å²) in [5, 5.41) is 8.06. The second kappa shape index (κ2) is 8.84. The van der Waals surface area contributed by atoms with Gasteiger partial charge >= 0.3 is 0 Å². The van der Waals surface area contributed by atoms with E-state index >= 15 is 0 Å². The van der Waals surface area contributed by atoms with Gasteiger partial charge in [-0.3, -0.25) is 20.2 Å². The fraction of sp³-hybridized carbons (Fsp3) is 0. The molecule has 2 heterocycles. The Morgan fingerprint density at radius 2 is 1.31 bits per heavy atom. The maximum absolute atomic E-state index is 12.1. The van der Waals surface area contributed by atoms with Crippen LogP contribution < -0.4 is 10.9 Å². The lowest BCUT2D eigenvalue weighted by Gasteiger charge is -2.03. The molecule has 0 aliphatic heterocycles. The second-order valence-corrected chi connectivity index (χ2v) is 5.21. The van der Waals surface area contributed by atoms with Crippen molar-refractivity contribution in [3.8, 4) is 0 Å². The highest BCUT2D eigenvalue weighted by Gasteiger charge is 2.03. The van der Waals surface area contributed by atoms with E-state index in [-0.39, 0.29) is 5.91 Å². The van der Waals surface area contributed by atoms with Crippen molar-refractivity contribution in [2.24, 2.45) is 10.2 Å². The van der Waals surface area contributed by atoms with Gasteiger partial charge in [0.05, 0.1) is 18.1 Å². The molecule has 26 heavy (non-hydrogen) atoms. The van der Waals surface area contributed by atoms with Gasteiger partial charge in [-0.25, -0.2) is 5.43 Å². The Morgan fingerprint density at radius 3 is 1.88 bits per heavy atom. The summed E-state index contributed by atoms with van der Waals surface area (Å²) in [4.78, 5) is 19.9. The van der Waals surface area contributed by atoms with Gasteiger partial charge in [-0.1, -0.05) is 0 Å². The minimum absolute atomic E-state index is 0.290. The number of rotatable bonds is 6. The van der Waals surface area contributed by atoms with Crippen molar-refractivity contribution >= 4 is 24.0 Å². The first-order chi connectivity index (χ1) is 12.8. The Hall–Kier alpha value is -3.87. The van der Waals surface area contributed by atoms with Crippen molar-refractivity contribution in [1.29, 1.82) is 0 Å². The van der Waals surface area contributed by atoms with Crippen molar-refractivity contribution in [3.05, 3.63) is 90.0 Å². The smallest absolute Gasteiger partial charge is 0.271 e. The third-order valence-corrected chi connectivity index (χ3v) is 3.35. The molecule has 0 spiro atoms. The standard InChI is InChI=1S/C19H16N6O/c26-19(25-23-14-16-7-11-21-12-8-16)17-1-3-18(4-2-17)24-22-13-15-5-9-20-10-6-15/h1-14,24H,(H,25,26)/b22-13-,23-14-. The molecule has 0 atom stereocenters. The molecule has 1 amide bonds. The molecule has 1 aromatic carbocycles. The predicted molar refractivity (Wildman–Crippen MR) is 101 cm³/mol. The van der Waals surface area contributed by atoms with E-state index in [9.17, 15) is 4.79 Å². The Kier molecular flexibility index (Phi) is 5.77. The minimum atomic E-state index is -0.290. The van der Waals surface area contributed by atoms with Gasteiger partial charge in [0.1, 0.15) is 0 Å². The van der Waals surface area contributed by atoms with Crippen molar-refractivity contribution in [3.63, 3.8) is 0 Å². The molecule has 7 heteroatoms. The first-order valence-corrected chi connectivity index (χ1v) is 7.84. The molecule has 0 saturated heterocycles. The van der Waals surface area contributed by atoms with Crippen LogP contribution in [0.1, 0.15) is 21.5 Å². The van der Waals surface area contributed by atoms with E-state index in [0.29, 0.717) is 5.56 Å². The van der Waals surface area contributed by atoms with Gasteiger partial charge in [-0.2, -0.15) is 10.2 Å². The number of hydrogen-bond donors (Lipinski definition) is 2. The van der Waals surface area contributed by atoms with Crippen LogP contribution in [0.15, 0.2) is 83.5 Å². The van der Waals surface area contributed by atoms with Gasteiger partial charge in [0.2, 0.25) is 0 Å². The summed E-state index contributed by atoms with van der Waals surface area (Å²) in [6.07, 6.45) is 9.97. The topological polar surface area (TPSA) is 91.6 Å². The van der Waals surface area contributed by atoms with Crippen LogP contribution in [0.4, 0.5) is 5.69 Å². The number of carbonyl (C=O) groups excluding carboxylic acids is 1. The third-order valence-electron chi connectivity index (χ3n) is 3.35. The van der Waals surface area contributed by atoms with Crippen LogP contribution >= 0.6 is 0 Å². The van der Waals surface area contributed by atoms with E-state index in [1.165, 1.54) is 0 Å². The molecule has 3 aromatic rings. The largest absolute Gasteiger partial charge is 0.279 e. The minimum Gasteiger partial charge on any atom is -0.279 e. The van der Waals surface area contributed by atoms with Crippen molar-refractivity contribution in [1.82, 2.24) is 15.4 Å². The zero-order chi connectivity index (χ0) is 18.0. The van der Waals surface area contributed by atoms with Gasteiger partial charge in [0.15, 0.2) is 0 Å². The van der Waals surface area contributed by atoms with E-state index in [4.69, 9.17) is 0 Å². The normalized spacial score (nSPS) is 10.9. The van der Waals surface area contributed by atoms with E-state index in [1.807, 2.05) is 12.1 Å². The number of pyridine rings is 2. The Labute approximate surface area is 150 Å². The molecular weight excluding hydrogens is 328 g/mol. The lowest BCUT2D eigenvalue weighted by Crippen LogP contribution is -2.17. The fourth-order valence-electron chi connectivity index (χ4n) is 2.01. The molecule has 0 radical (unpaired) electrons.